The van der Waals surface area contributed by atoms with Crippen molar-refractivity contribution in [3.8, 4) is 0 Å². The number of carbonyl (C=O) groups is 1. The van der Waals surface area contributed by atoms with Crippen LogP contribution < -0.4 is 5.32 Å². The molecule has 0 aromatic heterocycles. The van der Waals surface area contributed by atoms with Gasteiger partial charge < -0.3 is 10.2 Å². The SMILES string of the molecule is CC(C)(C)C1CCN(C(=O)CC2CC3CCC(C2)N3)C1. The molecule has 3 nitrogen and oxygen atoms in total. The van der Waals surface area contributed by atoms with Crippen LogP contribution in [0.4, 0.5) is 0 Å². The van der Waals surface area contributed by atoms with Crippen molar-refractivity contribution in [3.05, 3.63) is 0 Å². The summed E-state index contributed by atoms with van der Waals surface area (Å²) in [6.45, 7) is 8.88. The molecule has 3 fully saturated rings. The Labute approximate surface area is 123 Å². The first kappa shape index (κ1) is 14.4. The van der Waals surface area contributed by atoms with Crippen LogP contribution in [-0.4, -0.2) is 36.0 Å². The zero-order valence-corrected chi connectivity index (χ0v) is 13.3. The van der Waals surface area contributed by atoms with Crippen LogP contribution in [0, 0.1) is 17.3 Å². The molecule has 1 N–H and O–H groups in total. The maximum absolute atomic E-state index is 12.5. The molecular weight excluding hydrogens is 248 g/mol. The van der Waals surface area contributed by atoms with Crippen molar-refractivity contribution in [2.45, 2.75) is 71.4 Å². The summed E-state index contributed by atoms with van der Waals surface area (Å²) in [5.74, 6) is 1.73. The van der Waals surface area contributed by atoms with Gasteiger partial charge in [-0.25, -0.2) is 0 Å². The second-order valence-electron chi connectivity index (χ2n) is 8.37. The summed E-state index contributed by atoms with van der Waals surface area (Å²) >= 11 is 0. The normalized spacial score (nSPS) is 37.5. The van der Waals surface area contributed by atoms with Crippen molar-refractivity contribution in [3.63, 3.8) is 0 Å². The van der Waals surface area contributed by atoms with Crippen molar-refractivity contribution in [1.82, 2.24) is 10.2 Å². The molecule has 3 heteroatoms. The molecule has 0 aromatic carbocycles. The number of hydrogen-bond donors (Lipinski definition) is 1. The number of rotatable bonds is 2. The van der Waals surface area contributed by atoms with Gasteiger partial charge in [0, 0.05) is 31.6 Å². The first-order chi connectivity index (χ1) is 9.41. The predicted octanol–water partition coefficient (Wildman–Crippen LogP) is 2.80. The number of carbonyl (C=O) groups excluding carboxylic acids is 1. The second-order valence-corrected chi connectivity index (χ2v) is 8.37. The Morgan fingerprint density at radius 3 is 2.35 bits per heavy atom. The molecule has 3 atom stereocenters. The fourth-order valence-electron chi connectivity index (χ4n) is 4.41. The highest BCUT2D eigenvalue weighted by molar-refractivity contribution is 5.76. The van der Waals surface area contributed by atoms with E-state index in [9.17, 15) is 4.79 Å². The van der Waals surface area contributed by atoms with Crippen molar-refractivity contribution in [2.75, 3.05) is 13.1 Å². The molecule has 3 aliphatic rings. The van der Waals surface area contributed by atoms with Crippen LogP contribution in [-0.2, 0) is 4.79 Å². The first-order valence-electron chi connectivity index (χ1n) is 8.45. The Bertz CT molecular complexity index is 362. The molecule has 0 aromatic rings. The molecule has 0 saturated carbocycles. The molecule has 3 unspecified atom stereocenters. The third-order valence-electron chi connectivity index (χ3n) is 5.80. The van der Waals surface area contributed by atoms with Crippen molar-refractivity contribution < 1.29 is 4.79 Å². The maximum Gasteiger partial charge on any atom is 0.222 e. The van der Waals surface area contributed by atoms with Gasteiger partial charge in [0.05, 0.1) is 0 Å². The lowest BCUT2D eigenvalue weighted by Gasteiger charge is -2.30. The van der Waals surface area contributed by atoms with Gasteiger partial charge in [0.15, 0.2) is 0 Å². The molecule has 3 heterocycles. The minimum absolute atomic E-state index is 0.336. The summed E-state index contributed by atoms with van der Waals surface area (Å²) < 4.78 is 0. The molecule has 0 radical (unpaired) electrons. The third-order valence-corrected chi connectivity index (χ3v) is 5.80. The molecule has 3 rings (SSSR count). The minimum atomic E-state index is 0.336. The van der Waals surface area contributed by atoms with E-state index in [0.29, 0.717) is 35.2 Å². The Morgan fingerprint density at radius 2 is 1.80 bits per heavy atom. The largest absolute Gasteiger partial charge is 0.342 e. The van der Waals surface area contributed by atoms with E-state index in [1.165, 1.54) is 32.1 Å². The quantitative estimate of drug-likeness (QED) is 0.842. The summed E-state index contributed by atoms with van der Waals surface area (Å²) in [5.41, 5.74) is 0.336. The lowest BCUT2D eigenvalue weighted by molar-refractivity contribution is -0.131. The van der Waals surface area contributed by atoms with E-state index in [4.69, 9.17) is 0 Å². The summed E-state index contributed by atoms with van der Waals surface area (Å²) in [5, 5.41) is 3.67. The fraction of sp³-hybridized carbons (Fsp3) is 0.941. The average Bonchev–Trinajstić information content (AvgIpc) is 2.96. The smallest absolute Gasteiger partial charge is 0.222 e. The summed E-state index contributed by atoms with van der Waals surface area (Å²) in [6, 6.07) is 1.40. The molecule has 2 bridgehead atoms. The summed E-state index contributed by atoms with van der Waals surface area (Å²) in [4.78, 5) is 14.7. The minimum Gasteiger partial charge on any atom is -0.342 e. The lowest BCUT2D eigenvalue weighted by atomic mass is 9.80. The van der Waals surface area contributed by atoms with Crippen molar-refractivity contribution in [2.24, 2.45) is 17.3 Å². The molecular formula is C17H30N2O. The van der Waals surface area contributed by atoms with Crippen molar-refractivity contribution >= 4 is 5.91 Å². The zero-order chi connectivity index (χ0) is 14.3. The van der Waals surface area contributed by atoms with Gasteiger partial charge >= 0.3 is 0 Å². The standard InChI is InChI=1S/C17H30N2O/c1-17(2,3)13-6-7-19(11-13)16(20)10-12-8-14-4-5-15(9-12)18-14/h12-15,18H,4-11H2,1-3H3. The molecule has 3 saturated heterocycles. The van der Waals surface area contributed by atoms with Gasteiger partial charge in [-0.2, -0.15) is 0 Å². The van der Waals surface area contributed by atoms with Gasteiger partial charge in [-0.1, -0.05) is 20.8 Å². The number of likely N-dealkylation sites (tertiary alicyclic amines) is 1. The molecule has 3 aliphatic heterocycles. The Balaban J connectivity index is 1.50. The molecule has 0 aliphatic carbocycles. The Kier molecular flexibility index (Phi) is 3.83. The third kappa shape index (κ3) is 3.03. The number of piperidine rings is 1. The topological polar surface area (TPSA) is 32.3 Å². The second kappa shape index (κ2) is 5.32. The molecule has 0 spiro atoms. The first-order valence-corrected chi connectivity index (χ1v) is 8.45. The van der Waals surface area contributed by atoms with E-state index in [1.54, 1.807) is 0 Å². The maximum atomic E-state index is 12.5. The van der Waals surface area contributed by atoms with E-state index in [0.717, 1.165) is 19.5 Å². The number of hydrogen-bond acceptors (Lipinski definition) is 2. The Hall–Kier alpha value is -0.570. The lowest BCUT2D eigenvalue weighted by Crippen LogP contribution is -2.40. The average molecular weight is 278 g/mol. The highest BCUT2D eigenvalue weighted by Gasteiger charge is 2.37. The molecule has 1 amide bonds. The van der Waals surface area contributed by atoms with Crippen LogP contribution in [0.25, 0.3) is 0 Å². The molecule has 114 valence electrons. The number of nitrogens with zero attached hydrogens (tertiary/aromatic N) is 1. The van der Waals surface area contributed by atoms with Crippen LogP contribution >= 0.6 is 0 Å². The van der Waals surface area contributed by atoms with Gasteiger partial charge in [-0.05, 0) is 49.4 Å². The predicted molar refractivity (Wildman–Crippen MR) is 81.4 cm³/mol. The van der Waals surface area contributed by atoms with Gasteiger partial charge in [-0.3, -0.25) is 4.79 Å². The van der Waals surface area contributed by atoms with Gasteiger partial charge in [0.25, 0.3) is 0 Å². The number of amides is 1. The van der Waals surface area contributed by atoms with Gasteiger partial charge in [-0.15, -0.1) is 0 Å². The van der Waals surface area contributed by atoms with Crippen molar-refractivity contribution in [1.29, 1.82) is 0 Å². The summed E-state index contributed by atoms with van der Waals surface area (Å²) in [6.07, 6.45) is 7.08. The van der Waals surface area contributed by atoms with E-state index in [-0.39, 0.29) is 0 Å². The van der Waals surface area contributed by atoms with E-state index in [1.807, 2.05) is 0 Å². The Morgan fingerprint density at radius 1 is 1.15 bits per heavy atom. The number of fused-ring (bicyclic) bond motifs is 2. The van der Waals surface area contributed by atoms with Crippen LogP contribution in [0.2, 0.25) is 0 Å². The molecule has 20 heavy (non-hydrogen) atoms. The zero-order valence-electron chi connectivity index (χ0n) is 13.3. The van der Waals surface area contributed by atoms with Crippen LogP contribution in [0.15, 0.2) is 0 Å². The van der Waals surface area contributed by atoms with E-state index < -0.39 is 0 Å². The van der Waals surface area contributed by atoms with Gasteiger partial charge in [0.2, 0.25) is 5.91 Å². The summed E-state index contributed by atoms with van der Waals surface area (Å²) in [7, 11) is 0. The van der Waals surface area contributed by atoms with Crippen LogP contribution in [0.3, 0.4) is 0 Å². The van der Waals surface area contributed by atoms with Crippen LogP contribution in [0.5, 0.6) is 0 Å². The van der Waals surface area contributed by atoms with E-state index >= 15 is 0 Å². The highest BCUT2D eigenvalue weighted by Crippen LogP contribution is 2.36. The monoisotopic (exact) mass is 278 g/mol. The van der Waals surface area contributed by atoms with Gasteiger partial charge in [0.1, 0.15) is 0 Å². The van der Waals surface area contributed by atoms with Crippen LogP contribution in [0.1, 0.15) is 59.3 Å². The highest BCUT2D eigenvalue weighted by atomic mass is 16.2. The fourth-order valence-corrected chi connectivity index (χ4v) is 4.41. The van der Waals surface area contributed by atoms with E-state index in [2.05, 4.69) is 31.0 Å². The number of nitrogens with one attached hydrogen (secondary N) is 1.